The summed E-state index contributed by atoms with van der Waals surface area (Å²) in [6.07, 6.45) is 3.04. The lowest BCUT2D eigenvalue weighted by Crippen LogP contribution is -2.27. The molecule has 0 bridgehead atoms. The Balaban J connectivity index is 1.81. The molecule has 2 aromatic heterocycles. The Kier molecular flexibility index (Phi) is 4.05. The van der Waals surface area contributed by atoms with Crippen LogP contribution in [-0.2, 0) is 6.54 Å². The van der Waals surface area contributed by atoms with Gasteiger partial charge in [0, 0.05) is 36.8 Å². The Morgan fingerprint density at radius 1 is 1.50 bits per heavy atom. The summed E-state index contributed by atoms with van der Waals surface area (Å²) >= 11 is 3.49. The Labute approximate surface area is 127 Å². The lowest BCUT2D eigenvalue weighted by Gasteiger charge is -2.16. The summed E-state index contributed by atoms with van der Waals surface area (Å²) in [6, 6.07) is 2.11. The molecule has 1 aliphatic heterocycles. The van der Waals surface area contributed by atoms with Crippen molar-refractivity contribution in [3.8, 4) is 0 Å². The van der Waals surface area contributed by atoms with Crippen LogP contribution in [0.5, 0.6) is 0 Å². The molecule has 1 aliphatic rings. The quantitative estimate of drug-likeness (QED) is 0.923. The average molecular weight is 338 g/mol. The molecule has 0 aliphatic carbocycles. The number of pyridine rings is 1. The first-order valence-electron chi connectivity index (χ1n) is 7.08. The van der Waals surface area contributed by atoms with E-state index < -0.39 is 0 Å². The summed E-state index contributed by atoms with van der Waals surface area (Å²) in [6.45, 7) is 7.13. The van der Waals surface area contributed by atoms with Gasteiger partial charge < -0.3 is 15.2 Å². The number of likely N-dealkylation sites (tertiary alicyclic amines) is 1. The number of rotatable bonds is 4. The SMILES string of the molecule is Cc1nc2ncc(Br)cc2n1C[C@@H]1CCN(CCN)C1. The molecule has 0 saturated carbocycles. The molecule has 6 heteroatoms. The van der Waals surface area contributed by atoms with Crippen molar-refractivity contribution in [3.05, 3.63) is 22.6 Å². The summed E-state index contributed by atoms with van der Waals surface area (Å²) in [5.41, 5.74) is 7.59. The van der Waals surface area contributed by atoms with Crippen molar-refractivity contribution in [3.63, 3.8) is 0 Å². The minimum Gasteiger partial charge on any atom is -0.329 e. The molecule has 1 fully saturated rings. The molecule has 3 heterocycles. The van der Waals surface area contributed by atoms with E-state index in [0.717, 1.165) is 54.2 Å². The van der Waals surface area contributed by atoms with Crippen LogP contribution in [0, 0.1) is 12.8 Å². The highest BCUT2D eigenvalue weighted by molar-refractivity contribution is 9.10. The van der Waals surface area contributed by atoms with Crippen LogP contribution in [0.25, 0.3) is 11.2 Å². The van der Waals surface area contributed by atoms with Gasteiger partial charge in [0.15, 0.2) is 5.65 Å². The largest absolute Gasteiger partial charge is 0.329 e. The van der Waals surface area contributed by atoms with Gasteiger partial charge in [-0.2, -0.15) is 0 Å². The third-order valence-corrected chi connectivity index (χ3v) is 4.45. The highest BCUT2D eigenvalue weighted by Gasteiger charge is 2.23. The fraction of sp³-hybridized carbons (Fsp3) is 0.571. The summed E-state index contributed by atoms with van der Waals surface area (Å²) in [4.78, 5) is 11.4. The highest BCUT2D eigenvalue weighted by atomic mass is 79.9. The van der Waals surface area contributed by atoms with Gasteiger partial charge in [-0.05, 0) is 47.8 Å². The third-order valence-electron chi connectivity index (χ3n) is 4.02. The van der Waals surface area contributed by atoms with Gasteiger partial charge in [-0.25, -0.2) is 9.97 Å². The van der Waals surface area contributed by atoms with Crippen LogP contribution < -0.4 is 5.73 Å². The summed E-state index contributed by atoms with van der Waals surface area (Å²) < 4.78 is 3.30. The first-order valence-corrected chi connectivity index (χ1v) is 7.87. The second-order valence-corrected chi connectivity index (χ2v) is 6.43. The van der Waals surface area contributed by atoms with Crippen molar-refractivity contribution in [1.82, 2.24) is 19.4 Å². The number of halogens is 1. The van der Waals surface area contributed by atoms with Crippen LogP contribution in [0.4, 0.5) is 0 Å². The number of aryl methyl sites for hydroxylation is 1. The van der Waals surface area contributed by atoms with Crippen LogP contribution in [-0.4, -0.2) is 45.6 Å². The van der Waals surface area contributed by atoms with Crippen LogP contribution >= 0.6 is 15.9 Å². The monoisotopic (exact) mass is 337 g/mol. The predicted octanol–water partition coefficient (Wildman–Crippen LogP) is 1.78. The van der Waals surface area contributed by atoms with Crippen molar-refractivity contribution < 1.29 is 0 Å². The van der Waals surface area contributed by atoms with E-state index in [0.29, 0.717) is 5.92 Å². The van der Waals surface area contributed by atoms with E-state index in [2.05, 4.69) is 48.4 Å². The van der Waals surface area contributed by atoms with E-state index in [1.807, 2.05) is 0 Å². The van der Waals surface area contributed by atoms with Crippen LogP contribution in [0.3, 0.4) is 0 Å². The average Bonchev–Trinajstić information content (AvgIpc) is 2.97. The zero-order chi connectivity index (χ0) is 14.1. The number of hydrogen-bond acceptors (Lipinski definition) is 4. The maximum atomic E-state index is 5.63. The van der Waals surface area contributed by atoms with E-state index in [1.165, 1.54) is 6.42 Å². The molecule has 3 rings (SSSR count). The highest BCUT2D eigenvalue weighted by Crippen LogP contribution is 2.23. The number of nitrogens with two attached hydrogens (primary N) is 1. The van der Waals surface area contributed by atoms with Gasteiger partial charge in [-0.3, -0.25) is 0 Å². The molecule has 0 aromatic carbocycles. The second kappa shape index (κ2) is 5.79. The van der Waals surface area contributed by atoms with Crippen LogP contribution in [0.15, 0.2) is 16.7 Å². The minimum atomic E-state index is 0.677. The van der Waals surface area contributed by atoms with Crippen LogP contribution in [0.1, 0.15) is 12.2 Å². The molecule has 0 unspecified atom stereocenters. The molecule has 0 amide bonds. The fourth-order valence-corrected chi connectivity index (χ4v) is 3.35. The van der Waals surface area contributed by atoms with E-state index in [1.54, 1.807) is 6.20 Å². The van der Waals surface area contributed by atoms with Crippen molar-refractivity contribution >= 4 is 27.1 Å². The number of hydrogen-bond donors (Lipinski definition) is 1. The molecular formula is C14H20BrN5. The van der Waals surface area contributed by atoms with E-state index >= 15 is 0 Å². The van der Waals surface area contributed by atoms with E-state index in [4.69, 9.17) is 5.73 Å². The van der Waals surface area contributed by atoms with Gasteiger partial charge in [0.25, 0.3) is 0 Å². The van der Waals surface area contributed by atoms with Crippen molar-refractivity contribution in [2.75, 3.05) is 26.2 Å². The molecule has 0 radical (unpaired) electrons. The van der Waals surface area contributed by atoms with Crippen molar-refractivity contribution in [2.45, 2.75) is 19.9 Å². The van der Waals surface area contributed by atoms with Gasteiger partial charge in [0.05, 0.1) is 5.52 Å². The zero-order valence-electron chi connectivity index (χ0n) is 11.7. The molecule has 108 valence electrons. The van der Waals surface area contributed by atoms with E-state index in [9.17, 15) is 0 Å². The third kappa shape index (κ3) is 2.73. The smallest absolute Gasteiger partial charge is 0.177 e. The normalized spacial score (nSPS) is 20.1. The first kappa shape index (κ1) is 14.0. The molecule has 0 spiro atoms. The molecule has 2 N–H and O–H groups in total. The minimum absolute atomic E-state index is 0.677. The van der Waals surface area contributed by atoms with E-state index in [-0.39, 0.29) is 0 Å². The van der Waals surface area contributed by atoms with Gasteiger partial charge in [-0.15, -0.1) is 0 Å². The van der Waals surface area contributed by atoms with Gasteiger partial charge in [-0.1, -0.05) is 0 Å². The maximum Gasteiger partial charge on any atom is 0.177 e. The fourth-order valence-electron chi connectivity index (χ4n) is 3.03. The maximum absolute atomic E-state index is 5.63. The molecule has 20 heavy (non-hydrogen) atoms. The zero-order valence-corrected chi connectivity index (χ0v) is 13.3. The van der Waals surface area contributed by atoms with Crippen molar-refractivity contribution in [2.24, 2.45) is 11.7 Å². The lowest BCUT2D eigenvalue weighted by molar-refractivity contribution is 0.325. The first-order chi connectivity index (χ1) is 9.67. The summed E-state index contributed by atoms with van der Waals surface area (Å²) in [5.74, 6) is 1.72. The van der Waals surface area contributed by atoms with Gasteiger partial charge >= 0.3 is 0 Å². The molecule has 2 aromatic rings. The Hall–Kier alpha value is -0.980. The molecule has 1 atom stereocenters. The lowest BCUT2D eigenvalue weighted by atomic mass is 10.1. The Bertz CT molecular complexity index is 609. The number of fused-ring (bicyclic) bond motifs is 1. The van der Waals surface area contributed by atoms with Crippen molar-refractivity contribution in [1.29, 1.82) is 0 Å². The van der Waals surface area contributed by atoms with Gasteiger partial charge in [0.1, 0.15) is 5.82 Å². The predicted molar refractivity (Wildman–Crippen MR) is 83.6 cm³/mol. The second-order valence-electron chi connectivity index (χ2n) is 5.51. The number of nitrogens with zero attached hydrogens (tertiary/aromatic N) is 4. The number of aromatic nitrogens is 3. The Morgan fingerprint density at radius 3 is 3.15 bits per heavy atom. The summed E-state index contributed by atoms with van der Waals surface area (Å²) in [5, 5.41) is 0. The molecule has 5 nitrogen and oxygen atoms in total. The molecular weight excluding hydrogens is 318 g/mol. The van der Waals surface area contributed by atoms with Gasteiger partial charge in [0.2, 0.25) is 0 Å². The number of imidazole rings is 1. The topological polar surface area (TPSA) is 60.0 Å². The molecule has 1 saturated heterocycles. The summed E-state index contributed by atoms with van der Waals surface area (Å²) in [7, 11) is 0. The van der Waals surface area contributed by atoms with Crippen LogP contribution in [0.2, 0.25) is 0 Å². The standard InChI is InChI=1S/C14H20BrN5/c1-10-18-14-13(6-12(15)7-17-14)20(10)9-11-2-4-19(8-11)5-3-16/h6-7,11H,2-5,8-9,16H2,1H3/t11-/m1/s1. The Morgan fingerprint density at radius 2 is 2.35 bits per heavy atom.